The third kappa shape index (κ3) is 12.4. The van der Waals surface area contributed by atoms with E-state index in [4.69, 9.17) is 0 Å². The van der Waals surface area contributed by atoms with Gasteiger partial charge >= 0.3 is 0 Å². The van der Waals surface area contributed by atoms with Gasteiger partial charge in [0.15, 0.2) is 0 Å². The molecule has 0 spiro atoms. The van der Waals surface area contributed by atoms with Gasteiger partial charge in [0.2, 0.25) is 0 Å². The van der Waals surface area contributed by atoms with E-state index < -0.39 is 0 Å². The average molecular weight is 150 g/mol. The third-order valence-electron chi connectivity index (χ3n) is 1.42. The molecule has 11 heavy (non-hydrogen) atoms. The largest absolute Gasteiger partial charge is 0.0991 e. The zero-order valence-electron chi connectivity index (χ0n) is 7.59. The Balaban J connectivity index is 0.000000207. The van der Waals surface area contributed by atoms with Gasteiger partial charge in [-0.05, 0) is 12.8 Å². The molecule has 0 heterocycles. The van der Waals surface area contributed by atoms with E-state index in [1.807, 2.05) is 31.2 Å². The first-order valence-electron chi connectivity index (χ1n) is 4.21. The first kappa shape index (κ1) is 10.2. The van der Waals surface area contributed by atoms with Crippen molar-refractivity contribution in [2.75, 3.05) is 0 Å². The molecule has 0 atom stereocenters. The highest BCUT2D eigenvalue weighted by atomic mass is 14.2. The van der Waals surface area contributed by atoms with Gasteiger partial charge in [0.05, 0.1) is 0 Å². The predicted octanol–water partition coefficient (Wildman–Crippen LogP) is 3.72. The monoisotopic (exact) mass is 150 g/mol. The maximum absolute atomic E-state index is 3.51. The lowest BCUT2D eigenvalue weighted by molar-refractivity contribution is 0.983. The zero-order valence-corrected chi connectivity index (χ0v) is 7.59. The van der Waals surface area contributed by atoms with Crippen molar-refractivity contribution in [3.63, 3.8) is 0 Å². The predicted molar refractivity (Wildman–Crippen MR) is 52.5 cm³/mol. The van der Waals surface area contributed by atoms with Crippen LogP contribution in [-0.2, 0) is 0 Å². The molecule has 0 N–H and O–H groups in total. The van der Waals surface area contributed by atoms with E-state index in [0.29, 0.717) is 0 Å². The fraction of sp³-hybridized carbons (Fsp3) is 0.455. The highest BCUT2D eigenvalue weighted by Crippen LogP contribution is 2.26. The number of hydrogen-bond donors (Lipinski definition) is 0. The van der Waals surface area contributed by atoms with Gasteiger partial charge in [-0.1, -0.05) is 56.7 Å². The van der Waals surface area contributed by atoms with Crippen molar-refractivity contribution in [2.45, 2.75) is 26.7 Å². The van der Waals surface area contributed by atoms with Gasteiger partial charge in [0, 0.05) is 0 Å². The molecule has 62 valence electrons. The summed E-state index contributed by atoms with van der Waals surface area (Å²) in [6.07, 6.45) is 12.5. The van der Waals surface area contributed by atoms with Gasteiger partial charge in [-0.25, -0.2) is 0 Å². The summed E-state index contributed by atoms with van der Waals surface area (Å²) in [7, 11) is 0. The SMILES string of the molecule is C=C/C=C\C=C/C.CC1CC1. The zero-order chi connectivity index (χ0) is 8.53. The summed E-state index contributed by atoms with van der Waals surface area (Å²) in [5.74, 6) is 1.08. The fourth-order valence-electron chi connectivity index (χ4n) is 0.420. The Bertz CT molecular complexity index is 136. The molecule has 1 aliphatic rings. The second-order valence-electron chi connectivity index (χ2n) is 2.83. The standard InChI is InChI=1S/C7H10.C4H8/c1-3-5-7-6-4-2;1-4-2-3-4/h3-7H,1H2,2H3;4H,2-3H2,1H3/b6-4-,7-5-;. The molecule has 1 fully saturated rings. The first-order valence-corrected chi connectivity index (χ1v) is 4.21. The Hall–Kier alpha value is -0.780. The van der Waals surface area contributed by atoms with Crippen LogP contribution in [0.3, 0.4) is 0 Å². The normalized spacial score (nSPS) is 16.5. The molecule has 0 nitrogen and oxygen atoms in total. The summed E-state index contributed by atoms with van der Waals surface area (Å²) in [6, 6.07) is 0. The quantitative estimate of drug-likeness (QED) is 0.526. The van der Waals surface area contributed by atoms with Crippen LogP contribution in [0.25, 0.3) is 0 Å². The van der Waals surface area contributed by atoms with Crippen molar-refractivity contribution < 1.29 is 0 Å². The van der Waals surface area contributed by atoms with Gasteiger partial charge < -0.3 is 0 Å². The molecule has 1 saturated carbocycles. The molecule has 0 heteroatoms. The van der Waals surface area contributed by atoms with Crippen LogP contribution in [0.4, 0.5) is 0 Å². The van der Waals surface area contributed by atoms with Gasteiger partial charge in [-0.2, -0.15) is 0 Å². The molecule has 0 saturated heterocycles. The van der Waals surface area contributed by atoms with Crippen molar-refractivity contribution in [1.29, 1.82) is 0 Å². The van der Waals surface area contributed by atoms with Gasteiger partial charge in [-0.15, -0.1) is 0 Å². The molecule has 0 aromatic rings. The Morgan fingerprint density at radius 3 is 2.00 bits per heavy atom. The Kier molecular flexibility index (Phi) is 6.81. The van der Waals surface area contributed by atoms with Crippen LogP contribution in [-0.4, -0.2) is 0 Å². The summed E-state index contributed by atoms with van der Waals surface area (Å²) in [4.78, 5) is 0. The number of rotatable bonds is 2. The van der Waals surface area contributed by atoms with Crippen LogP contribution in [0.5, 0.6) is 0 Å². The highest BCUT2D eigenvalue weighted by molar-refractivity contribution is 5.07. The second-order valence-corrected chi connectivity index (χ2v) is 2.83. The molecular weight excluding hydrogens is 132 g/mol. The van der Waals surface area contributed by atoms with E-state index in [2.05, 4.69) is 13.5 Å². The molecule has 0 aliphatic heterocycles. The minimum Gasteiger partial charge on any atom is -0.0991 e. The molecule has 0 aromatic carbocycles. The minimum atomic E-state index is 1.08. The molecule has 0 unspecified atom stereocenters. The van der Waals surface area contributed by atoms with E-state index in [1.165, 1.54) is 12.8 Å². The lowest BCUT2D eigenvalue weighted by atomic mass is 10.4. The summed E-state index contributed by atoms with van der Waals surface area (Å²) in [6.45, 7) is 7.77. The Labute approximate surface area is 70.3 Å². The van der Waals surface area contributed by atoms with Crippen molar-refractivity contribution in [2.24, 2.45) is 5.92 Å². The summed E-state index contributed by atoms with van der Waals surface area (Å²) >= 11 is 0. The Morgan fingerprint density at radius 2 is 1.73 bits per heavy atom. The van der Waals surface area contributed by atoms with E-state index in [1.54, 1.807) is 6.08 Å². The summed E-state index contributed by atoms with van der Waals surface area (Å²) < 4.78 is 0. The molecular formula is C11H18. The molecule has 0 aromatic heterocycles. The molecule has 0 bridgehead atoms. The molecule has 1 rings (SSSR count). The van der Waals surface area contributed by atoms with Crippen molar-refractivity contribution in [1.82, 2.24) is 0 Å². The average Bonchev–Trinajstić information content (AvgIpc) is 2.75. The maximum Gasteiger partial charge on any atom is -0.0443 e. The lowest BCUT2D eigenvalue weighted by Crippen LogP contribution is -1.43. The van der Waals surface area contributed by atoms with Gasteiger partial charge in [0.1, 0.15) is 0 Å². The lowest BCUT2D eigenvalue weighted by Gasteiger charge is -1.65. The molecule has 0 radical (unpaired) electrons. The topological polar surface area (TPSA) is 0 Å². The van der Waals surface area contributed by atoms with Crippen LogP contribution < -0.4 is 0 Å². The van der Waals surface area contributed by atoms with Crippen LogP contribution in [0.1, 0.15) is 26.7 Å². The highest BCUT2D eigenvalue weighted by Gasteiger charge is 2.12. The number of allylic oxidation sites excluding steroid dienone is 5. The van der Waals surface area contributed by atoms with Crippen LogP contribution in [0, 0.1) is 5.92 Å². The van der Waals surface area contributed by atoms with Gasteiger partial charge in [-0.3, -0.25) is 0 Å². The van der Waals surface area contributed by atoms with E-state index in [-0.39, 0.29) is 0 Å². The fourth-order valence-corrected chi connectivity index (χ4v) is 0.420. The van der Waals surface area contributed by atoms with Gasteiger partial charge in [0.25, 0.3) is 0 Å². The van der Waals surface area contributed by atoms with Crippen molar-refractivity contribution >= 4 is 0 Å². The summed E-state index contributed by atoms with van der Waals surface area (Å²) in [5.41, 5.74) is 0. The second kappa shape index (κ2) is 7.33. The third-order valence-corrected chi connectivity index (χ3v) is 1.42. The van der Waals surface area contributed by atoms with E-state index in [9.17, 15) is 0 Å². The van der Waals surface area contributed by atoms with E-state index >= 15 is 0 Å². The van der Waals surface area contributed by atoms with Crippen LogP contribution in [0.2, 0.25) is 0 Å². The molecule has 1 aliphatic carbocycles. The van der Waals surface area contributed by atoms with Crippen molar-refractivity contribution in [3.8, 4) is 0 Å². The van der Waals surface area contributed by atoms with Crippen molar-refractivity contribution in [3.05, 3.63) is 37.0 Å². The first-order chi connectivity index (χ1) is 5.31. The smallest absolute Gasteiger partial charge is 0.0443 e. The minimum absolute atomic E-state index is 1.08. The van der Waals surface area contributed by atoms with E-state index in [0.717, 1.165) is 5.92 Å². The summed E-state index contributed by atoms with van der Waals surface area (Å²) in [5, 5.41) is 0. The maximum atomic E-state index is 3.51. The van der Waals surface area contributed by atoms with Crippen LogP contribution in [0.15, 0.2) is 37.0 Å². The van der Waals surface area contributed by atoms with Crippen LogP contribution >= 0.6 is 0 Å². The Morgan fingerprint density at radius 1 is 1.18 bits per heavy atom. The molecule has 0 amide bonds. The number of hydrogen-bond acceptors (Lipinski definition) is 0.